The molecule has 0 N–H and O–H groups in total. The van der Waals surface area contributed by atoms with Crippen molar-refractivity contribution in [2.75, 3.05) is 13.7 Å². The smallest absolute Gasteiger partial charge is 0.266 e. The summed E-state index contributed by atoms with van der Waals surface area (Å²) in [4.78, 5) is 24.6. The first kappa shape index (κ1) is 18.4. The number of carbonyl (C=O) groups excluding carboxylic acids is 2. The van der Waals surface area contributed by atoms with Gasteiger partial charge in [-0.05, 0) is 43.0 Å². The molecule has 0 bridgehead atoms. The summed E-state index contributed by atoms with van der Waals surface area (Å²) < 4.78 is 19.0. The fraction of sp³-hybridized carbons (Fsp3) is 0.312. The van der Waals surface area contributed by atoms with Crippen LogP contribution in [0.15, 0.2) is 23.1 Å². The zero-order valence-corrected chi connectivity index (χ0v) is 14.5. The lowest BCUT2D eigenvalue weighted by molar-refractivity contribution is -0.305. The fourth-order valence-electron chi connectivity index (χ4n) is 2.16. The van der Waals surface area contributed by atoms with Gasteiger partial charge in [0.05, 0.1) is 12.0 Å². The molecule has 1 aromatic rings. The van der Waals surface area contributed by atoms with Gasteiger partial charge < -0.3 is 14.6 Å². The number of aliphatic carboxylic acids is 1. The Hall–Kier alpha value is -1.93. The van der Waals surface area contributed by atoms with Gasteiger partial charge in [-0.25, -0.2) is 4.39 Å². The van der Waals surface area contributed by atoms with Crippen LogP contribution in [0, 0.1) is 5.82 Å². The van der Waals surface area contributed by atoms with Gasteiger partial charge >= 0.3 is 0 Å². The number of hydrogen-bond donors (Lipinski definition) is 0. The molecule has 1 saturated heterocycles. The molecule has 0 radical (unpaired) electrons. The molecule has 24 heavy (non-hydrogen) atoms. The van der Waals surface area contributed by atoms with Crippen molar-refractivity contribution in [3.05, 3.63) is 34.5 Å². The van der Waals surface area contributed by atoms with Crippen molar-refractivity contribution in [2.24, 2.45) is 0 Å². The molecule has 1 aliphatic rings. The molecule has 0 spiro atoms. The Labute approximate surface area is 148 Å². The van der Waals surface area contributed by atoms with Crippen LogP contribution in [0.4, 0.5) is 4.39 Å². The van der Waals surface area contributed by atoms with E-state index in [2.05, 4.69) is 0 Å². The molecule has 0 unspecified atom stereocenters. The molecular formula is C16H15FNO4S2-. The number of carboxylic acid groups (broad SMARTS) is 1. The van der Waals surface area contributed by atoms with Crippen molar-refractivity contribution < 1.29 is 23.8 Å². The average Bonchev–Trinajstić information content (AvgIpc) is 2.78. The summed E-state index contributed by atoms with van der Waals surface area (Å²) in [6.45, 7) is 0.353. The lowest BCUT2D eigenvalue weighted by Crippen LogP contribution is -2.29. The number of thioether (sulfide) groups is 1. The highest BCUT2D eigenvalue weighted by molar-refractivity contribution is 8.26. The van der Waals surface area contributed by atoms with Gasteiger partial charge in [-0.3, -0.25) is 9.69 Å². The Balaban J connectivity index is 2.04. The van der Waals surface area contributed by atoms with Gasteiger partial charge in [-0.2, -0.15) is 0 Å². The standard InChI is InChI=1S/C16H16FNO4S2/c1-22-12-6-5-10(8-11(12)17)9-13-15(21)18(16(23)24-13)7-3-2-4-14(19)20/h5-6,8-9H,2-4,7H2,1H3,(H,19,20)/p-1/b13-9-. The summed E-state index contributed by atoms with van der Waals surface area (Å²) in [5.41, 5.74) is 0.533. The summed E-state index contributed by atoms with van der Waals surface area (Å²) in [7, 11) is 1.38. The van der Waals surface area contributed by atoms with E-state index in [1.807, 2.05) is 0 Å². The van der Waals surface area contributed by atoms with Crippen LogP contribution in [-0.2, 0) is 9.59 Å². The van der Waals surface area contributed by atoms with Gasteiger partial charge in [-0.1, -0.05) is 30.0 Å². The van der Waals surface area contributed by atoms with Gasteiger partial charge in [0.2, 0.25) is 0 Å². The van der Waals surface area contributed by atoms with E-state index >= 15 is 0 Å². The Morgan fingerprint density at radius 2 is 2.21 bits per heavy atom. The van der Waals surface area contributed by atoms with E-state index in [4.69, 9.17) is 17.0 Å². The third-order valence-corrected chi connectivity index (χ3v) is 4.74. The maximum Gasteiger partial charge on any atom is 0.266 e. The number of methoxy groups -OCH3 is 1. The number of ether oxygens (including phenoxy) is 1. The molecule has 1 heterocycles. The van der Waals surface area contributed by atoms with Crippen LogP contribution in [-0.4, -0.2) is 34.8 Å². The maximum atomic E-state index is 13.7. The van der Waals surface area contributed by atoms with Crippen molar-refractivity contribution in [2.45, 2.75) is 19.3 Å². The number of rotatable bonds is 7. The minimum Gasteiger partial charge on any atom is -0.550 e. The largest absolute Gasteiger partial charge is 0.550 e. The van der Waals surface area contributed by atoms with E-state index in [1.54, 1.807) is 12.1 Å². The second-order valence-corrected chi connectivity index (χ2v) is 6.73. The van der Waals surface area contributed by atoms with Crippen LogP contribution >= 0.6 is 24.0 Å². The number of carboxylic acids is 1. The number of thiocarbonyl (C=S) groups is 1. The topological polar surface area (TPSA) is 69.7 Å². The second-order valence-electron chi connectivity index (χ2n) is 5.06. The zero-order valence-electron chi connectivity index (χ0n) is 12.9. The number of halogens is 1. The molecule has 5 nitrogen and oxygen atoms in total. The number of unbranched alkanes of at least 4 members (excludes halogenated alkanes) is 1. The highest BCUT2D eigenvalue weighted by Gasteiger charge is 2.31. The summed E-state index contributed by atoms with van der Waals surface area (Å²) in [6, 6.07) is 4.42. The van der Waals surface area contributed by atoms with Crippen molar-refractivity contribution in [1.29, 1.82) is 0 Å². The monoisotopic (exact) mass is 368 g/mol. The highest BCUT2D eigenvalue weighted by Crippen LogP contribution is 2.33. The second kappa shape index (κ2) is 8.25. The number of amides is 1. The first-order valence-electron chi connectivity index (χ1n) is 7.21. The van der Waals surface area contributed by atoms with Gasteiger partial charge in [0, 0.05) is 12.5 Å². The summed E-state index contributed by atoms with van der Waals surface area (Å²) >= 11 is 6.33. The Morgan fingerprint density at radius 3 is 2.83 bits per heavy atom. The van der Waals surface area contributed by atoms with Crippen LogP contribution in [0.5, 0.6) is 5.75 Å². The molecule has 8 heteroatoms. The van der Waals surface area contributed by atoms with E-state index in [9.17, 15) is 19.1 Å². The van der Waals surface area contributed by atoms with E-state index in [0.717, 1.165) is 11.8 Å². The Morgan fingerprint density at radius 1 is 1.46 bits per heavy atom. The zero-order chi connectivity index (χ0) is 17.7. The molecule has 0 aliphatic carbocycles. The van der Waals surface area contributed by atoms with Crippen LogP contribution < -0.4 is 9.84 Å². The number of nitrogens with zero attached hydrogens (tertiary/aromatic N) is 1. The number of benzene rings is 1. The summed E-state index contributed by atoms with van der Waals surface area (Å²) in [6.07, 6.45) is 2.46. The van der Waals surface area contributed by atoms with E-state index < -0.39 is 11.8 Å². The Kier molecular flexibility index (Phi) is 6.33. The first-order valence-corrected chi connectivity index (χ1v) is 8.43. The van der Waals surface area contributed by atoms with Gasteiger partial charge in [0.25, 0.3) is 5.91 Å². The molecule has 1 aliphatic heterocycles. The molecule has 1 aromatic carbocycles. The van der Waals surface area contributed by atoms with Gasteiger partial charge in [0.1, 0.15) is 4.32 Å². The van der Waals surface area contributed by atoms with E-state index in [-0.39, 0.29) is 18.1 Å². The first-order chi connectivity index (χ1) is 11.4. The van der Waals surface area contributed by atoms with Crippen molar-refractivity contribution in [3.63, 3.8) is 0 Å². The van der Waals surface area contributed by atoms with Gasteiger partial charge in [-0.15, -0.1) is 0 Å². The van der Waals surface area contributed by atoms with Crippen molar-refractivity contribution >= 4 is 46.3 Å². The van der Waals surface area contributed by atoms with Crippen molar-refractivity contribution in [3.8, 4) is 5.75 Å². The third-order valence-electron chi connectivity index (χ3n) is 3.36. The Bertz CT molecular complexity index is 705. The predicted octanol–water partition coefficient (Wildman–Crippen LogP) is 1.96. The number of hydrogen-bond acceptors (Lipinski definition) is 6. The molecule has 0 saturated carbocycles. The maximum absolute atomic E-state index is 13.7. The lowest BCUT2D eigenvalue weighted by Gasteiger charge is -2.14. The predicted molar refractivity (Wildman–Crippen MR) is 91.7 cm³/mol. The average molecular weight is 368 g/mol. The minimum atomic E-state index is -1.11. The normalized spacial score (nSPS) is 16.1. The fourth-order valence-corrected chi connectivity index (χ4v) is 3.46. The van der Waals surface area contributed by atoms with Crippen molar-refractivity contribution in [1.82, 2.24) is 4.90 Å². The molecule has 0 aromatic heterocycles. The molecular weight excluding hydrogens is 353 g/mol. The SMILES string of the molecule is COc1ccc(/C=C2\SC(=S)N(CCCCC(=O)[O-])C2=O)cc1F. The summed E-state index contributed by atoms with van der Waals surface area (Å²) in [5.74, 6) is -1.74. The number of carbonyl (C=O) groups is 2. The summed E-state index contributed by atoms with van der Waals surface area (Å²) in [5, 5.41) is 10.4. The quantitative estimate of drug-likeness (QED) is 0.416. The van der Waals surface area contributed by atoms with Crippen LogP contribution in [0.2, 0.25) is 0 Å². The van der Waals surface area contributed by atoms with Crippen LogP contribution in [0.3, 0.4) is 0 Å². The van der Waals surface area contributed by atoms with E-state index in [0.29, 0.717) is 34.2 Å². The van der Waals surface area contributed by atoms with E-state index in [1.165, 1.54) is 24.1 Å². The van der Waals surface area contributed by atoms with Crippen LogP contribution in [0.1, 0.15) is 24.8 Å². The molecule has 0 atom stereocenters. The third kappa shape index (κ3) is 4.55. The van der Waals surface area contributed by atoms with Crippen LogP contribution in [0.25, 0.3) is 6.08 Å². The molecule has 2 rings (SSSR count). The molecule has 1 amide bonds. The highest BCUT2D eigenvalue weighted by atomic mass is 32.2. The molecule has 1 fully saturated rings. The van der Waals surface area contributed by atoms with Gasteiger partial charge in [0.15, 0.2) is 11.6 Å². The lowest BCUT2D eigenvalue weighted by atomic mass is 10.2. The minimum absolute atomic E-state index is 0.0459. The molecule has 128 valence electrons.